The number of aromatic nitrogens is 5. The molecule has 0 radical (unpaired) electrons. The summed E-state index contributed by atoms with van der Waals surface area (Å²) >= 11 is 0. The first kappa shape index (κ1) is 20.2. The second kappa shape index (κ2) is 7.87. The Hall–Kier alpha value is -3.41. The molecule has 1 saturated heterocycles. The topological polar surface area (TPSA) is 116 Å². The van der Waals surface area contributed by atoms with Gasteiger partial charge in [0.15, 0.2) is 0 Å². The maximum Gasteiger partial charge on any atom is 0.317 e. The highest BCUT2D eigenvalue weighted by molar-refractivity contribution is 5.90. The number of fused-ring (bicyclic) bond motifs is 2. The number of H-pyrrole nitrogens is 1. The van der Waals surface area contributed by atoms with E-state index in [0.717, 1.165) is 61.1 Å². The maximum atomic E-state index is 12.8. The highest BCUT2D eigenvalue weighted by Gasteiger charge is 2.51. The van der Waals surface area contributed by atoms with Gasteiger partial charge in [0.05, 0.1) is 29.9 Å². The van der Waals surface area contributed by atoms with Gasteiger partial charge in [-0.3, -0.25) is 4.68 Å². The molecule has 6 rings (SSSR count). The van der Waals surface area contributed by atoms with Crippen molar-refractivity contribution in [2.75, 3.05) is 13.1 Å². The predicted octanol–water partition coefficient (Wildman–Crippen LogP) is 3.42. The fourth-order valence-corrected chi connectivity index (χ4v) is 6.33. The van der Waals surface area contributed by atoms with Gasteiger partial charge in [0, 0.05) is 42.5 Å². The van der Waals surface area contributed by atoms with Crippen LogP contribution in [0.3, 0.4) is 0 Å². The number of hydrogen-bond donors (Lipinski definition) is 2. The summed E-state index contributed by atoms with van der Waals surface area (Å²) in [5, 5.41) is 18.6. The van der Waals surface area contributed by atoms with E-state index in [9.17, 15) is 10.1 Å². The molecule has 3 atom stereocenters. The standard InChI is InChI=1S/C24H28N8O/c25-7-6-24(32-14-18(11-29-32)21-20-5-8-26-22(20)28-15-27-21)9-16-12-31(13-17(16)10-24)23(33)30-19-3-1-2-4-19/h5,8,11,14-17,19H,1-4,6,9-10,12-13H2,(H,30,33)(H,26,27,28)/t16-,17+,24-. The van der Waals surface area contributed by atoms with E-state index >= 15 is 0 Å². The number of amides is 2. The lowest BCUT2D eigenvalue weighted by molar-refractivity contribution is 0.189. The van der Waals surface area contributed by atoms with Gasteiger partial charge in [-0.1, -0.05) is 12.8 Å². The lowest BCUT2D eigenvalue weighted by atomic mass is 9.92. The van der Waals surface area contributed by atoms with Gasteiger partial charge in [0.1, 0.15) is 12.0 Å². The van der Waals surface area contributed by atoms with Crippen molar-refractivity contribution >= 4 is 17.1 Å². The van der Waals surface area contributed by atoms with E-state index in [1.807, 2.05) is 34.2 Å². The molecule has 33 heavy (non-hydrogen) atoms. The molecule has 0 spiro atoms. The number of carbonyl (C=O) groups excluding carboxylic acids is 1. The summed E-state index contributed by atoms with van der Waals surface area (Å²) in [7, 11) is 0. The van der Waals surface area contributed by atoms with Crippen LogP contribution in [0.4, 0.5) is 4.79 Å². The second-order valence-electron chi connectivity index (χ2n) is 9.96. The zero-order chi connectivity index (χ0) is 22.4. The van der Waals surface area contributed by atoms with E-state index in [-0.39, 0.29) is 11.6 Å². The fraction of sp³-hybridized carbons (Fsp3) is 0.542. The van der Waals surface area contributed by atoms with Crippen LogP contribution in [0.25, 0.3) is 22.3 Å². The third-order valence-corrected chi connectivity index (χ3v) is 7.93. The average Bonchev–Trinajstić information content (AvgIpc) is 3.61. The molecule has 1 aliphatic heterocycles. The van der Waals surface area contributed by atoms with Gasteiger partial charge in [-0.05, 0) is 43.6 Å². The third kappa shape index (κ3) is 3.45. The van der Waals surface area contributed by atoms with Crippen LogP contribution in [0.5, 0.6) is 0 Å². The average molecular weight is 445 g/mol. The number of carbonyl (C=O) groups is 1. The number of nitrogens with one attached hydrogen (secondary N) is 2. The molecule has 2 saturated carbocycles. The van der Waals surface area contributed by atoms with Crippen molar-refractivity contribution in [3.05, 3.63) is 31.0 Å². The number of rotatable bonds is 4. The fourth-order valence-electron chi connectivity index (χ4n) is 6.33. The first-order valence-electron chi connectivity index (χ1n) is 11.9. The quantitative estimate of drug-likeness (QED) is 0.640. The normalized spacial score (nSPS) is 27.2. The van der Waals surface area contributed by atoms with Gasteiger partial charge >= 0.3 is 6.03 Å². The number of nitriles is 1. The molecule has 170 valence electrons. The van der Waals surface area contributed by atoms with Gasteiger partial charge in [-0.25, -0.2) is 14.8 Å². The Morgan fingerprint density at radius 3 is 2.79 bits per heavy atom. The molecular formula is C24H28N8O. The molecule has 3 aliphatic rings. The molecule has 2 amide bonds. The lowest BCUT2D eigenvalue weighted by Gasteiger charge is -2.30. The summed E-state index contributed by atoms with van der Waals surface area (Å²) in [5.41, 5.74) is 2.23. The number of nitrogens with zero attached hydrogens (tertiary/aromatic N) is 6. The first-order valence-corrected chi connectivity index (χ1v) is 11.9. The monoisotopic (exact) mass is 444 g/mol. The summed E-state index contributed by atoms with van der Waals surface area (Å²) in [6, 6.07) is 4.81. The molecule has 2 N–H and O–H groups in total. The summed E-state index contributed by atoms with van der Waals surface area (Å²) in [4.78, 5) is 26.6. The summed E-state index contributed by atoms with van der Waals surface area (Å²) in [6.07, 6.45) is 14.0. The van der Waals surface area contributed by atoms with Crippen LogP contribution in [0.15, 0.2) is 31.0 Å². The van der Waals surface area contributed by atoms with E-state index in [1.165, 1.54) is 12.8 Å². The summed E-state index contributed by atoms with van der Waals surface area (Å²) < 4.78 is 1.99. The summed E-state index contributed by atoms with van der Waals surface area (Å²) in [6.45, 7) is 1.53. The van der Waals surface area contributed by atoms with Crippen LogP contribution in [0, 0.1) is 23.2 Å². The minimum atomic E-state index is -0.333. The largest absolute Gasteiger partial charge is 0.346 e. The van der Waals surface area contributed by atoms with Gasteiger partial charge in [0.25, 0.3) is 0 Å². The Balaban J connectivity index is 1.21. The van der Waals surface area contributed by atoms with Crippen LogP contribution >= 0.6 is 0 Å². The van der Waals surface area contributed by atoms with Crippen molar-refractivity contribution in [3.8, 4) is 17.3 Å². The molecule has 4 heterocycles. The number of urea groups is 1. The smallest absolute Gasteiger partial charge is 0.317 e. The Morgan fingerprint density at radius 2 is 2.03 bits per heavy atom. The Kier molecular flexibility index (Phi) is 4.82. The van der Waals surface area contributed by atoms with Crippen molar-refractivity contribution < 1.29 is 4.79 Å². The first-order chi connectivity index (χ1) is 16.1. The van der Waals surface area contributed by atoms with E-state index < -0.39 is 0 Å². The molecule has 0 unspecified atom stereocenters. The van der Waals surface area contributed by atoms with Crippen LogP contribution in [-0.2, 0) is 5.54 Å². The van der Waals surface area contributed by atoms with Crippen LogP contribution in [0.1, 0.15) is 44.9 Å². The second-order valence-corrected chi connectivity index (χ2v) is 9.96. The number of hydrogen-bond acceptors (Lipinski definition) is 5. The van der Waals surface area contributed by atoms with E-state index in [0.29, 0.717) is 24.3 Å². The van der Waals surface area contributed by atoms with Crippen LogP contribution in [-0.4, -0.2) is 54.8 Å². The predicted molar refractivity (Wildman–Crippen MR) is 122 cm³/mol. The zero-order valence-electron chi connectivity index (χ0n) is 18.6. The molecule has 0 bridgehead atoms. The molecule has 3 aromatic rings. The minimum Gasteiger partial charge on any atom is -0.346 e. The number of likely N-dealkylation sites (tertiary alicyclic amines) is 1. The highest BCUT2D eigenvalue weighted by atomic mass is 16.2. The van der Waals surface area contributed by atoms with E-state index in [2.05, 4.69) is 26.3 Å². The molecule has 3 aromatic heterocycles. The van der Waals surface area contributed by atoms with Crippen molar-refractivity contribution in [1.29, 1.82) is 5.26 Å². The van der Waals surface area contributed by atoms with Gasteiger partial charge in [-0.2, -0.15) is 10.4 Å². The van der Waals surface area contributed by atoms with E-state index in [4.69, 9.17) is 5.10 Å². The Morgan fingerprint density at radius 1 is 1.24 bits per heavy atom. The molecule has 9 nitrogen and oxygen atoms in total. The van der Waals surface area contributed by atoms with Crippen molar-refractivity contribution in [3.63, 3.8) is 0 Å². The molecule has 0 aromatic carbocycles. The van der Waals surface area contributed by atoms with Crippen molar-refractivity contribution in [2.24, 2.45) is 11.8 Å². The number of aromatic amines is 1. The maximum absolute atomic E-state index is 12.8. The molecule has 2 aliphatic carbocycles. The van der Waals surface area contributed by atoms with Crippen molar-refractivity contribution in [2.45, 2.75) is 56.5 Å². The van der Waals surface area contributed by atoms with Gasteiger partial charge in [0.2, 0.25) is 0 Å². The third-order valence-electron chi connectivity index (χ3n) is 7.93. The minimum absolute atomic E-state index is 0.0860. The van der Waals surface area contributed by atoms with Crippen LogP contribution in [0.2, 0.25) is 0 Å². The Labute approximate surface area is 192 Å². The SMILES string of the molecule is N#CC[C@]1(n2cc(-c3ncnc4[nH]ccc34)cn2)C[C@H]2CN(C(=O)NC3CCCC3)C[C@H]2C1. The highest BCUT2D eigenvalue weighted by Crippen LogP contribution is 2.49. The Bertz CT molecular complexity index is 1200. The van der Waals surface area contributed by atoms with Crippen molar-refractivity contribution in [1.82, 2.24) is 34.9 Å². The van der Waals surface area contributed by atoms with Crippen LogP contribution < -0.4 is 5.32 Å². The molecule has 3 fully saturated rings. The van der Waals surface area contributed by atoms with Gasteiger partial charge < -0.3 is 15.2 Å². The lowest BCUT2D eigenvalue weighted by Crippen LogP contribution is -2.44. The molecule has 9 heteroatoms. The van der Waals surface area contributed by atoms with Gasteiger partial charge in [-0.15, -0.1) is 0 Å². The molecular weight excluding hydrogens is 416 g/mol. The van der Waals surface area contributed by atoms with E-state index in [1.54, 1.807) is 6.33 Å². The zero-order valence-corrected chi connectivity index (χ0v) is 18.6. The summed E-state index contributed by atoms with van der Waals surface area (Å²) in [5.74, 6) is 0.798.